The molecule has 1 aromatic heterocycles. The molecule has 1 heterocycles. The predicted molar refractivity (Wildman–Crippen MR) is 67.4 cm³/mol. The Balaban J connectivity index is 2.13. The third-order valence-corrected chi connectivity index (χ3v) is 2.29. The Hall–Kier alpha value is -2.77. The number of carbonyl (C=O) groups excluding carboxylic acids is 1. The molecule has 0 aliphatic heterocycles. The van der Waals surface area contributed by atoms with Gasteiger partial charge in [-0.05, 0) is 24.3 Å². The zero-order valence-corrected chi connectivity index (χ0v) is 10.1. The number of benzene rings is 1. The Bertz CT molecular complexity index is 619. The molecule has 0 atom stereocenters. The minimum atomic E-state index is -1.10. The van der Waals surface area contributed by atoms with E-state index in [0.717, 1.165) is 6.20 Å². The molecule has 0 aliphatic carbocycles. The van der Waals surface area contributed by atoms with Crippen molar-refractivity contribution >= 4 is 17.4 Å². The fourth-order valence-corrected chi connectivity index (χ4v) is 1.39. The molecule has 1 amide bonds. The monoisotopic (exact) mass is 280 g/mol. The lowest BCUT2D eigenvalue weighted by Crippen LogP contribution is -2.15. The van der Waals surface area contributed by atoms with Crippen molar-refractivity contribution in [1.82, 2.24) is 9.97 Å². The van der Waals surface area contributed by atoms with Crippen LogP contribution in [0.4, 0.5) is 20.3 Å². The van der Waals surface area contributed by atoms with Gasteiger partial charge in [-0.2, -0.15) is 0 Å². The van der Waals surface area contributed by atoms with E-state index in [0.29, 0.717) is 5.69 Å². The summed E-state index contributed by atoms with van der Waals surface area (Å²) in [5, 5.41) is 2.49. The van der Waals surface area contributed by atoms with E-state index in [-0.39, 0.29) is 17.4 Å². The van der Waals surface area contributed by atoms with Gasteiger partial charge in [0, 0.05) is 5.69 Å². The number of nitrogen functional groups attached to an aromatic ring is 1. The first-order valence-corrected chi connectivity index (χ1v) is 5.48. The molecule has 0 unspecified atom stereocenters. The molecule has 6 nitrogen and oxygen atoms in total. The summed E-state index contributed by atoms with van der Waals surface area (Å²) in [4.78, 5) is 19.3. The lowest BCUT2D eigenvalue weighted by Gasteiger charge is -2.07. The maximum absolute atomic E-state index is 12.7. The molecule has 0 spiro atoms. The number of nitrogens with one attached hydrogen (secondary N) is 1. The van der Waals surface area contributed by atoms with Crippen LogP contribution < -0.4 is 15.8 Å². The number of nitrogens with zero attached hydrogens (tertiary/aromatic N) is 2. The molecular formula is C12H10F2N4O2. The van der Waals surface area contributed by atoms with Crippen molar-refractivity contribution in [3.63, 3.8) is 0 Å². The summed E-state index contributed by atoms with van der Waals surface area (Å²) in [5.41, 5.74) is 5.78. The summed E-state index contributed by atoms with van der Waals surface area (Å²) in [5.74, 6) is -1.39. The fraction of sp³-hybridized carbons (Fsp3) is 0.0833. The third kappa shape index (κ3) is 3.16. The molecule has 1 aromatic carbocycles. The van der Waals surface area contributed by atoms with E-state index in [1.165, 1.54) is 24.3 Å². The van der Waals surface area contributed by atoms with Gasteiger partial charge in [-0.25, -0.2) is 18.7 Å². The topological polar surface area (TPSA) is 90.1 Å². The van der Waals surface area contributed by atoms with Gasteiger partial charge >= 0.3 is 0 Å². The minimum Gasteiger partial charge on any atom is -0.443 e. The number of carbonyl (C=O) groups is 1. The first-order chi connectivity index (χ1) is 9.60. The number of rotatable bonds is 4. The number of hydrogen-bond acceptors (Lipinski definition) is 5. The third-order valence-electron chi connectivity index (χ3n) is 2.29. The molecule has 3 N–H and O–H groups in total. The highest BCUT2D eigenvalue weighted by atomic mass is 19.1. The van der Waals surface area contributed by atoms with Crippen LogP contribution in [0.2, 0.25) is 0 Å². The number of ether oxygens (including phenoxy) is 1. The van der Waals surface area contributed by atoms with Crippen LogP contribution in [-0.2, 0) is 0 Å². The normalized spacial score (nSPS) is 10.1. The van der Waals surface area contributed by atoms with E-state index in [9.17, 15) is 13.6 Å². The second-order valence-electron chi connectivity index (χ2n) is 3.66. The Morgan fingerprint density at radius 2 is 2.05 bits per heavy atom. The number of hydrogen-bond donors (Lipinski definition) is 2. The first kappa shape index (κ1) is 13.7. The van der Waals surface area contributed by atoms with Crippen molar-refractivity contribution in [2.24, 2.45) is 0 Å². The van der Waals surface area contributed by atoms with Gasteiger partial charge < -0.3 is 15.8 Å². The molecular weight excluding hydrogens is 270 g/mol. The van der Waals surface area contributed by atoms with E-state index in [2.05, 4.69) is 20.0 Å². The van der Waals surface area contributed by atoms with Crippen molar-refractivity contribution in [3.8, 4) is 5.88 Å². The lowest BCUT2D eigenvalue weighted by atomic mass is 10.3. The summed E-state index contributed by atoms with van der Waals surface area (Å²) in [7, 11) is 0. The van der Waals surface area contributed by atoms with Crippen molar-refractivity contribution in [2.45, 2.75) is 0 Å². The Kier molecular flexibility index (Phi) is 4.04. The smallest absolute Gasteiger partial charge is 0.275 e. The lowest BCUT2D eigenvalue weighted by molar-refractivity contribution is 0.102. The van der Waals surface area contributed by atoms with Gasteiger partial charge in [0.2, 0.25) is 6.86 Å². The van der Waals surface area contributed by atoms with Gasteiger partial charge in [-0.15, -0.1) is 0 Å². The summed E-state index contributed by atoms with van der Waals surface area (Å²) < 4.78 is 29.2. The Morgan fingerprint density at radius 1 is 1.35 bits per heavy atom. The second-order valence-corrected chi connectivity index (χ2v) is 3.66. The van der Waals surface area contributed by atoms with E-state index >= 15 is 0 Å². The summed E-state index contributed by atoms with van der Waals surface area (Å²) in [6, 6.07) is 5.19. The molecule has 0 saturated carbocycles. The van der Waals surface area contributed by atoms with Gasteiger partial charge in [-0.1, -0.05) is 0 Å². The van der Waals surface area contributed by atoms with Crippen molar-refractivity contribution in [1.29, 1.82) is 0 Å². The van der Waals surface area contributed by atoms with Gasteiger partial charge in [0.25, 0.3) is 11.8 Å². The maximum atomic E-state index is 12.7. The van der Waals surface area contributed by atoms with Gasteiger partial charge in [0.1, 0.15) is 11.5 Å². The molecule has 0 aliphatic rings. The number of halogens is 2. The van der Waals surface area contributed by atoms with Crippen LogP contribution in [0.15, 0.2) is 30.5 Å². The highest BCUT2D eigenvalue weighted by molar-refractivity contribution is 6.02. The average Bonchev–Trinajstić information content (AvgIpc) is 2.44. The molecule has 2 aromatic rings. The van der Waals surface area contributed by atoms with E-state index in [1.54, 1.807) is 0 Å². The molecule has 0 saturated heterocycles. The van der Waals surface area contributed by atoms with Crippen LogP contribution in [0.25, 0.3) is 0 Å². The van der Waals surface area contributed by atoms with E-state index < -0.39 is 18.6 Å². The van der Waals surface area contributed by atoms with Gasteiger partial charge in [-0.3, -0.25) is 4.79 Å². The Labute approximate surface area is 112 Å². The molecule has 0 radical (unpaired) electrons. The number of alkyl halides is 1. The zero-order chi connectivity index (χ0) is 14.5. The highest BCUT2D eigenvalue weighted by Crippen LogP contribution is 2.16. The first-order valence-electron chi connectivity index (χ1n) is 5.48. The number of amides is 1. The maximum Gasteiger partial charge on any atom is 0.275 e. The Morgan fingerprint density at radius 3 is 2.65 bits per heavy atom. The fourth-order valence-electron chi connectivity index (χ4n) is 1.39. The summed E-state index contributed by atoms with van der Waals surface area (Å²) >= 11 is 0. The quantitative estimate of drug-likeness (QED) is 0.890. The van der Waals surface area contributed by atoms with Crippen molar-refractivity contribution in [3.05, 3.63) is 42.0 Å². The number of nitrogens with two attached hydrogens (primary N) is 1. The largest absolute Gasteiger partial charge is 0.443 e. The van der Waals surface area contributed by atoms with Crippen molar-refractivity contribution < 1.29 is 18.3 Å². The van der Waals surface area contributed by atoms with Gasteiger partial charge in [0.15, 0.2) is 5.82 Å². The zero-order valence-electron chi connectivity index (χ0n) is 10.1. The van der Waals surface area contributed by atoms with Crippen LogP contribution in [0.1, 0.15) is 10.5 Å². The molecule has 0 bridgehead atoms. The minimum absolute atomic E-state index is 0.0713. The van der Waals surface area contributed by atoms with Gasteiger partial charge in [0.05, 0.1) is 6.20 Å². The number of anilines is 2. The summed E-state index contributed by atoms with van der Waals surface area (Å²) in [6.45, 7) is -1.10. The van der Waals surface area contributed by atoms with Crippen LogP contribution in [0, 0.1) is 5.82 Å². The average molecular weight is 280 g/mol. The highest BCUT2D eigenvalue weighted by Gasteiger charge is 2.12. The predicted octanol–water partition coefficient (Wildman–Crippen LogP) is 1.76. The summed E-state index contributed by atoms with van der Waals surface area (Å²) in [6.07, 6.45) is 1.10. The SMILES string of the molecule is Nc1nc(C(=O)Nc2ccc(F)cc2)cnc1OCF. The van der Waals surface area contributed by atoms with E-state index in [1.807, 2.05) is 0 Å². The molecule has 104 valence electrons. The standard InChI is InChI=1S/C12H10F2N4O2/c13-6-20-12-10(15)18-9(5-16-12)11(19)17-8-3-1-7(14)2-4-8/h1-5H,6H2,(H2,15,18)(H,17,19). The van der Waals surface area contributed by atoms with Crippen molar-refractivity contribution in [2.75, 3.05) is 17.9 Å². The van der Waals surface area contributed by atoms with Crippen LogP contribution in [0.5, 0.6) is 5.88 Å². The molecule has 20 heavy (non-hydrogen) atoms. The molecule has 2 rings (SSSR count). The van der Waals surface area contributed by atoms with Crippen LogP contribution in [-0.4, -0.2) is 22.7 Å². The molecule has 8 heteroatoms. The van der Waals surface area contributed by atoms with Crippen LogP contribution >= 0.6 is 0 Å². The molecule has 0 fully saturated rings. The van der Waals surface area contributed by atoms with Crippen LogP contribution in [0.3, 0.4) is 0 Å². The second kappa shape index (κ2) is 5.91. The number of aromatic nitrogens is 2. The van der Waals surface area contributed by atoms with E-state index in [4.69, 9.17) is 5.73 Å².